The Hall–Kier alpha value is -1.89. The summed E-state index contributed by atoms with van der Waals surface area (Å²) in [4.78, 5) is 10.0. The highest BCUT2D eigenvalue weighted by molar-refractivity contribution is 8.13. The van der Waals surface area contributed by atoms with Gasteiger partial charge in [-0.3, -0.25) is 0 Å². The molecule has 0 fully saturated rings. The van der Waals surface area contributed by atoms with Gasteiger partial charge in [-0.15, -0.1) is 0 Å². The molecule has 1 aromatic carbocycles. The zero-order chi connectivity index (χ0) is 19.6. The molecule has 1 N–H and O–H groups in total. The number of rotatable bonds is 6. The predicted molar refractivity (Wildman–Crippen MR) is 69.5 cm³/mol. The summed E-state index contributed by atoms with van der Waals surface area (Å²) < 4.78 is 104. The standard InChI is InChI=1S/C11H7ClF6O6S/c12-25(21,22)6-2-1-5(23-3-10(13,14)15)7(9(19)20)8(6)24-4-11(16,17)18/h1-2H,3-4H2,(H,19,20). The van der Waals surface area contributed by atoms with Crippen LogP contribution in [-0.4, -0.2) is 45.1 Å². The van der Waals surface area contributed by atoms with E-state index in [-0.39, 0.29) is 0 Å². The van der Waals surface area contributed by atoms with E-state index in [0.29, 0.717) is 12.1 Å². The number of hydrogen-bond donors (Lipinski definition) is 1. The average molecular weight is 417 g/mol. The molecule has 0 aliphatic heterocycles. The lowest BCUT2D eigenvalue weighted by Crippen LogP contribution is -2.23. The smallest absolute Gasteiger partial charge is 0.422 e. The Morgan fingerprint density at radius 2 is 1.52 bits per heavy atom. The van der Waals surface area contributed by atoms with Gasteiger partial charge in [-0.1, -0.05) is 0 Å². The van der Waals surface area contributed by atoms with Crippen LogP contribution in [0.2, 0.25) is 0 Å². The fraction of sp³-hybridized carbons (Fsp3) is 0.364. The second-order valence-corrected chi connectivity index (χ2v) is 6.85. The van der Waals surface area contributed by atoms with Crippen molar-refractivity contribution < 1.29 is 54.1 Å². The maximum absolute atomic E-state index is 12.3. The molecule has 14 heteroatoms. The molecule has 0 heterocycles. The molecule has 0 radical (unpaired) electrons. The number of ether oxygens (including phenoxy) is 2. The van der Waals surface area contributed by atoms with E-state index in [4.69, 9.17) is 15.8 Å². The van der Waals surface area contributed by atoms with E-state index in [0.717, 1.165) is 0 Å². The third-order valence-corrected chi connectivity index (χ3v) is 3.68. The van der Waals surface area contributed by atoms with E-state index >= 15 is 0 Å². The third-order valence-electron chi connectivity index (χ3n) is 2.33. The molecule has 142 valence electrons. The minimum Gasteiger partial charge on any atom is -0.483 e. The van der Waals surface area contributed by atoms with Gasteiger partial charge in [0.05, 0.1) is 0 Å². The molecule has 0 unspecified atom stereocenters. The van der Waals surface area contributed by atoms with Crippen LogP contribution in [0.25, 0.3) is 0 Å². The van der Waals surface area contributed by atoms with Crippen molar-refractivity contribution in [2.75, 3.05) is 13.2 Å². The number of halogens is 7. The maximum atomic E-state index is 12.3. The summed E-state index contributed by atoms with van der Waals surface area (Å²) in [6.45, 7) is -4.09. The van der Waals surface area contributed by atoms with Crippen LogP contribution in [0.3, 0.4) is 0 Å². The first-order chi connectivity index (χ1) is 11.1. The van der Waals surface area contributed by atoms with Crippen molar-refractivity contribution in [1.29, 1.82) is 0 Å². The van der Waals surface area contributed by atoms with Crippen molar-refractivity contribution in [2.24, 2.45) is 0 Å². The van der Waals surface area contributed by atoms with Crippen LogP contribution < -0.4 is 9.47 Å². The molecular weight excluding hydrogens is 410 g/mol. The molecule has 1 aromatic rings. The van der Waals surface area contributed by atoms with Gasteiger partial charge >= 0.3 is 18.3 Å². The van der Waals surface area contributed by atoms with E-state index in [2.05, 4.69) is 9.47 Å². The first-order valence-electron chi connectivity index (χ1n) is 5.86. The van der Waals surface area contributed by atoms with Crippen LogP contribution in [0, 0.1) is 0 Å². The molecule has 0 atom stereocenters. The molecule has 0 spiro atoms. The summed E-state index contributed by atoms with van der Waals surface area (Å²) >= 11 is 0. The summed E-state index contributed by atoms with van der Waals surface area (Å²) in [7, 11) is 0.211. The quantitative estimate of drug-likeness (QED) is 0.566. The van der Waals surface area contributed by atoms with Gasteiger partial charge in [-0.2, -0.15) is 26.3 Å². The van der Waals surface area contributed by atoms with Gasteiger partial charge in [0.15, 0.2) is 19.0 Å². The number of carboxylic acids is 1. The Bertz CT molecular complexity index is 758. The lowest BCUT2D eigenvalue weighted by Gasteiger charge is -2.17. The SMILES string of the molecule is O=C(O)c1c(OCC(F)(F)F)ccc(S(=O)(=O)Cl)c1OCC(F)(F)F. The van der Waals surface area contributed by atoms with Crippen molar-refractivity contribution in [3.05, 3.63) is 17.7 Å². The van der Waals surface area contributed by atoms with Crippen molar-refractivity contribution in [1.82, 2.24) is 0 Å². The van der Waals surface area contributed by atoms with Crippen molar-refractivity contribution in [3.8, 4) is 11.5 Å². The molecule has 0 bridgehead atoms. The fourth-order valence-corrected chi connectivity index (χ4v) is 2.49. The molecule has 0 amide bonds. The van der Waals surface area contributed by atoms with Crippen molar-refractivity contribution >= 4 is 25.7 Å². The first kappa shape index (κ1) is 21.2. The van der Waals surface area contributed by atoms with Gasteiger partial charge in [0.25, 0.3) is 9.05 Å². The van der Waals surface area contributed by atoms with Crippen LogP contribution in [-0.2, 0) is 9.05 Å². The Kier molecular flexibility index (Phi) is 6.05. The highest BCUT2D eigenvalue weighted by Gasteiger charge is 2.35. The molecule has 6 nitrogen and oxygen atoms in total. The lowest BCUT2D eigenvalue weighted by molar-refractivity contribution is -0.154. The highest BCUT2D eigenvalue weighted by Crippen LogP contribution is 2.38. The molecule has 0 aromatic heterocycles. The van der Waals surface area contributed by atoms with Crippen LogP contribution >= 0.6 is 10.7 Å². The molecule has 0 aliphatic rings. The zero-order valence-electron chi connectivity index (χ0n) is 11.6. The minimum atomic E-state index is -4.99. The summed E-state index contributed by atoms with van der Waals surface area (Å²) in [5, 5.41) is 9.04. The van der Waals surface area contributed by atoms with E-state index < -0.39 is 62.5 Å². The van der Waals surface area contributed by atoms with Gasteiger partial charge < -0.3 is 14.6 Å². The Morgan fingerprint density at radius 3 is 1.92 bits per heavy atom. The largest absolute Gasteiger partial charge is 0.483 e. The van der Waals surface area contributed by atoms with E-state index in [1.54, 1.807) is 0 Å². The second kappa shape index (κ2) is 7.15. The van der Waals surface area contributed by atoms with Gasteiger partial charge in [0, 0.05) is 10.7 Å². The molecule has 1 rings (SSSR count). The Morgan fingerprint density at radius 1 is 1.04 bits per heavy atom. The van der Waals surface area contributed by atoms with Gasteiger partial charge in [-0.05, 0) is 12.1 Å². The number of carbonyl (C=O) groups is 1. The number of benzene rings is 1. The Balaban J connectivity index is 3.50. The minimum absolute atomic E-state index is 0.464. The first-order valence-corrected chi connectivity index (χ1v) is 8.17. The molecule has 0 aliphatic carbocycles. The normalized spacial score (nSPS) is 12.8. The number of hydrogen-bond acceptors (Lipinski definition) is 5. The van der Waals surface area contributed by atoms with E-state index in [1.807, 2.05) is 0 Å². The summed E-state index contributed by atoms with van der Waals surface area (Å²) in [6.07, 6.45) is -9.88. The van der Waals surface area contributed by atoms with Crippen LogP contribution in [0.4, 0.5) is 26.3 Å². The Labute approximate surface area is 140 Å². The average Bonchev–Trinajstić information content (AvgIpc) is 2.39. The second-order valence-electron chi connectivity index (χ2n) is 4.32. The lowest BCUT2D eigenvalue weighted by atomic mass is 10.1. The van der Waals surface area contributed by atoms with Crippen LogP contribution in [0.1, 0.15) is 10.4 Å². The van der Waals surface area contributed by atoms with E-state index in [9.17, 15) is 39.6 Å². The van der Waals surface area contributed by atoms with Crippen LogP contribution in [0.5, 0.6) is 11.5 Å². The van der Waals surface area contributed by atoms with Gasteiger partial charge in [0.2, 0.25) is 0 Å². The number of carboxylic acid groups (broad SMARTS) is 1. The summed E-state index contributed by atoms with van der Waals surface area (Å²) in [6, 6.07) is 0.969. The van der Waals surface area contributed by atoms with Crippen molar-refractivity contribution in [2.45, 2.75) is 17.2 Å². The highest BCUT2D eigenvalue weighted by atomic mass is 35.7. The van der Waals surface area contributed by atoms with Gasteiger partial charge in [-0.25, -0.2) is 13.2 Å². The van der Waals surface area contributed by atoms with E-state index in [1.165, 1.54) is 0 Å². The molecule has 0 saturated carbocycles. The maximum Gasteiger partial charge on any atom is 0.422 e. The molecule has 25 heavy (non-hydrogen) atoms. The number of aromatic carboxylic acids is 1. The van der Waals surface area contributed by atoms with Crippen molar-refractivity contribution in [3.63, 3.8) is 0 Å². The molecular formula is C11H7ClF6O6S. The zero-order valence-corrected chi connectivity index (χ0v) is 13.2. The topological polar surface area (TPSA) is 89.9 Å². The molecule has 0 saturated heterocycles. The van der Waals surface area contributed by atoms with Crippen LogP contribution in [0.15, 0.2) is 17.0 Å². The number of alkyl halides is 6. The third kappa shape index (κ3) is 6.49. The summed E-state index contributed by atoms with van der Waals surface area (Å²) in [5.41, 5.74) is -1.35. The fourth-order valence-electron chi connectivity index (χ4n) is 1.52. The predicted octanol–water partition coefficient (Wildman–Crippen LogP) is 3.19. The van der Waals surface area contributed by atoms with Gasteiger partial charge in [0.1, 0.15) is 16.2 Å². The monoisotopic (exact) mass is 416 g/mol. The summed E-state index contributed by atoms with van der Waals surface area (Å²) in [5.74, 6) is -4.53.